The van der Waals surface area contributed by atoms with Gasteiger partial charge < -0.3 is 14.2 Å². The molecule has 2 aliphatic heterocycles. The average Bonchev–Trinajstić information content (AvgIpc) is 3.31. The van der Waals surface area contributed by atoms with Gasteiger partial charge >= 0.3 is 5.97 Å². The van der Waals surface area contributed by atoms with Gasteiger partial charge in [-0.2, -0.15) is 0 Å². The number of nitrogens with zero attached hydrogens (tertiary/aromatic N) is 1. The summed E-state index contributed by atoms with van der Waals surface area (Å²) in [5, 5.41) is 0. The fourth-order valence-electron chi connectivity index (χ4n) is 4.90. The van der Waals surface area contributed by atoms with Crippen LogP contribution in [0.3, 0.4) is 0 Å². The van der Waals surface area contributed by atoms with Gasteiger partial charge in [-0.15, -0.1) is 0 Å². The van der Waals surface area contributed by atoms with Crippen LogP contribution in [0, 0.1) is 5.92 Å². The van der Waals surface area contributed by atoms with Crippen LogP contribution in [0.15, 0.2) is 0 Å². The number of esters is 1. The zero-order valence-electron chi connectivity index (χ0n) is 19.1. The number of fused-ring (bicyclic) bond motifs is 1. The molecule has 2 rings (SSSR count). The first kappa shape index (κ1) is 24.6. The first-order valence-electron chi connectivity index (χ1n) is 12.2. The highest BCUT2D eigenvalue weighted by atomic mass is 16.6. The van der Waals surface area contributed by atoms with Crippen molar-refractivity contribution in [2.24, 2.45) is 5.92 Å². The van der Waals surface area contributed by atoms with Gasteiger partial charge in [0.2, 0.25) is 0 Å². The van der Waals surface area contributed by atoms with Gasteiger partial charge in [0.25, 0.3) is 0 Å². The molecule has 0 amide bonds. The van der Waals surface area contributed by atoms with Crippen LogP contribution in [0.25, 0.3) is 0 Å². The van der Waals surface area contributed by atoms with Gasteiger partial charge in [0, 0.05) is 0 Å². The van der Waals surface area contributed by atoms with E-state index in [1.54, 1.807) is 0 Å². The van der Waals surface area contributed by atoms with Crippen molar-refractivity contribution < 1.29 is 19.0 Å². The van der Waals surface area contributed by atoms with E-state index in [4.69, 9.17) is 14.2 Å². The molecule has 0 N–H and O–H groups in total. The quantitative estimate of drug-likeness (QED) is 0.228. The van der Waals surface area contributed by atoms with Gasteiger partial charge in [-0.05, 0) is 6.42 Å². The molecule has 1 atom stereocenters. The second-order valence-corrected chi connectivity index (χ2v) is 9.06. The van der Waals surface area contributed by atoms with Crippen LogP contribution in [0.5, 0.6) is 0 Å². The van der Waals surface area contributed by atoms with Gasteiger partial charge in [-0.25, -0.2) is 4.90 Å². The van der Waals surface area contributed by atoms with Crippen molar-refractivity contribution in [3.05, 3.63) is 0 Å². The zero-order valence-corrected chi connectivity index (χ0v) is 19.1. The number of ether oxygens (including phenoxy) is 3. The van der Waals surface area contributed by atoms with Crippen molar-refractivity contribution >= 4 is 5.97 Å². The summed E-state index contributed by atoms with van der Waals surface area (Å²) in [5.41, 5.74) is -0.302. The number of unbranched alkanes of at least 4 members (excludes halogenated alkanes) is 13. The zero-order chi connectivity index (χ0) is 20.8. The fraction of sp³-hybridized carbons (Fsp3) is 0.958. The lowest BCUT2D eigenvalue weighted by Gasteiger charge is -2.34. The number of hydrogen-bond donors (Lipinski definition) is 0. The molecule has 0 aromatic carbocycles. The van der Waals surface area contributed by atoms with Crippen molar-refractivity contribution in [3.63, 3.8) is 0 Å². The molecule has 5 heteroatoms. The number of carbonyl (C=O) groups is 1. The number of methoxy groups -OCH3 is 1. The molecule has 5 nitrogen and oxygen atoms in total. The van der Waals surface area contributed by atoms with Gasteiger partial charge in [0.15, 0.2) is 0 Å². The van der Waals surface area contributed by atoms with E-state index in [9.17, 15) is 4.79 Å². The predicted octanol–water partition coefficient (Wildman–Crippen LogP) is 5.66. The highest BCUT2D eigenvalue weighted by Crippen LogP contribution is 2.38. The highest BCUT2D eigenvalue weighted by Gasteiger charge is 2.54. The normalized spacial score (nSPS) is 19.4. The summed E-state index contributed by atoms with van der Waals surface area (Å²) in [5.74, 6) is -0.254. The molecule has 0 bridgehead atoms. The Hall–Kier alpha value is -0.650. The van der Waals surface area contributed by atoms with E-state index in [0.717, 1.165) is 12.8 Å². The third-order valence-electron chi connectivity index (χ3n) is 6.81. The van der Waals surface area contributed by atoms with Crippen LogP contribution in [-0.2, 0) is 19.0 Å². The molecule has 0 saturated carbocycles. The van der Waals surface area contributed by atoms with Crippen LogP contribution in [0.1, 0.15) is 103 Å². The molecule has 29 heavy (non-hydrogen) atoms. The molecule has 0 aliphatic carbocycles. The van der Waals surface area contributed by atoms with E-state index in [0.29, 0.717) is 26.7 Å². The maximum Gasteiger partial charge on any atom is 0.310 e. The van der Waals surface area contributed by atoms with E-state index < -0.39 is 0 Å². The molecule has 2 aliphatic rings. The van der Waals surface area contributed by atoms with Gasteiger partial charge in [-0.1, -0.05) is 96.8 Å². The maximum atomic E-state index is 12.4. The Morgan fingerprint density at radius 2 is 1.28 bits per heavy atom. The molecular formula is C24H45NO4. The molecule has 170 valence electrons. The third-order valence-corrected chi connectivity index (χ3v) is 6.81. The Labute approximate surface area is 178 Å². The average molecular weight is 412 g/mol. The Morgan fingerprint density at radius 1 is 0.828 bits per heavy atom. The van der Waals surface area contributed by atoms with E-state index in [1.807, 2.05) is 0 Å². The Balaban J connectivity index is 1.50. The van der Waals surface area contributed by atoms with Crippen LogP contribution < -0.4 is 0 Å². The second-order valence-electron chi connectivity index (χ2n) is 9.06. The van der Waals surface area contributed by atoms with Crippen molar-refractivity contribution in [1.82, 2.24) is 4.90 Å². The summed E-state index contributed by atoms with van der Waals surface area (Å²) in [6, 6.07) is 0. The Bertz CT molecular complexity index is 433. The molecule has 0 radical (unpaired) electrons. The smallest absolute Gasteiger partial charge is 0.310 e. The molecule has 0 aromatic rings. The minimum Gasteiger partial charge on any atom is -0.469 e. The van der Waals surface area contributed by atoms with E-state index >= 15 is 0 Å². The molecule has 0 spiro atoms. The predicted molar refractivity (Wildman–Crippen MR) is 117 cm³/mol. The summed E-state index contributed by atoms with van der Waals surface area (Å²) in [4.78, 5) is 14.6. The van der Waals surface area contributed by atoms with Crippen molar-refractivity contribution in [1.29, 1.82) is 0 Å². The van der Waals surface area contributed by atoms with E-state index in [2.05, 4.69) is 11.8 Å². The monoisotopic (exact) mass is 411 g/mol. The standard InChI is InChI=1S/C24H45NO4/c1-3-4-5-6-7-8-9-10-11-12-13-14-15-16-17-22(23(26)27-2)24-18-28-20-25(24)21-29-19-24/h22H,3-21H2,1-2H3. The lowest BCUT2D eigenvalue weighted by molar-refractivity contribution is -0.150. The summed E-state index contributed by atoms with van der Waals surface area (Å²) < 4.78 is 16.4. The Morgan fingerprint density at radius 3 is 1.72 bits per heavy atom. The van der Waals surface area contributed by atoms with Gasteiger partial charge in [-0.3, -0.25) is 4.79 Å². The van der Waals surface area contributed by atoms with E-state index in [-0.39, 0.29) is 17.4 Å². The largest absolute Gasteiger partial charge is 0.469 e. The van der Waals surface area contributed by atoms with Crippen molar-refractivity contribution in [2.75, 3.05) is 33.8 Å². The molecule has 1 unspecified atom stereocenters. The van der Waals surface area contributed by atoms with Gasteiger partial charge in [0.1, 0.15) is 13.5 Å². The molecule has 2 saturated heterocycles. The summed E-state index contributed by atoms with van der Waals surface area (Å²) in [7, 11) is 1.49. The molecule has 2 fully saturated rings. The summed E-state index contributed by atoms with van der Waals surface area (Å²) in [6.07, 6.45) is 19.7. The number of carbonyl (C=O) groups excluding carboxylic acids is 1. The molecular weight excluding hydrogens is 366 g/mol. The topological polar surface area (TPSA) is 48.0 Å². The third kappa shape index (κ3) is 7.84. The Kier molecular flexibility index (Phi) is 12.2. The minimum absolute atomic E-state index is 0.110. The second kappa shape index (κ2) is 14.4. The lowest BCUT2D eigenvalue weighted by atomic mass is 9.81. The SMILES string of the molecule is CCCCCCCCCCCCCCCCC(C(=O)OC)C12COCN1COC2. The lowest BCUT2D eigenvalue weighted by Crippen LogP contribution is -2.53. The van der Waals surface area contributed by atoms with Crippen LogP contribution >= 0.6 is 0 Å². The number of rotatable bonds is 17. The first-order valence-corrected chi connectivity index (χ1v) is 12.2. The minimum atomic E-state index is -0.302. The van der Waals surface area contributed by atoms with Crippen molar-refractivity contribution in [3.8, 4) is 0 Å². The first-order chi connectivity index (χ1) is 14.2. The van der Waals surface area contributed by atoms with Crippen molar-refractivity contribution in [2.45, 2.75) is 109 Å². The van der Waals surface area contributed by atoms with Crippen LogP contribution in [0.2, 0.25) is 0 Å². The van der Waals surface area contributed by atoms with Crippen LogP contribution in [-0.4, -0.2) is 50.2 Å². The summed E-state index contributed by atoms with van der Waals surface area (Å²) >= 11 is 0. The highest BCUT2D eigenvalue weighted by molar-refractivity contribution is 5.74. The molecule has 2 heterocycles. The molecule has 0 aromatic heterocycles. The van der Waals surface area contributed by atoms with E-state index in [1.165, 1.54) is 90.6 Å². The maximum absolute atomic E-state index is 12.4. The fourth-order valence-corrected chi connectivity index (χ4v) is 4.90. The summed E-state index contributed by atoms with van der Waals surface area (Å²) in [6.45, 7) is 4.55. The van der Waals surface area contributed by atoms with Crippen LogP contribution in [0.4, 0.5) is 0 Å². The van der Waals surface area contributed by atoms with Gasteiger partial charge in [0.05, 0.1) is 31.8 Å². The number of hydrogen-bond acceptors (Lipinski definition) is 5.